The molecule has 1 aliphatic heterocycles. The molecule has 1 aliphatic rings. The van der Waals surface area contributed by atoms with Crippen LogP contribution in [0.4, 0.5) is 0 Å². The molecule has 1 saturated heterocycles. The van der Waals surface area contributed by atoms with Crippen LogP contribution in [0, 0.1) is 11.3 Å². The van der Waals surface area contributed by atoms with Crippen LogP contribution < -0.4 is 0 Å². The third kappa shape index (κ3) is 4.03. The first-order valence-corrected chi connectivity index (χ1v) is 10.3. The predicted octanol–water partition coefficient (Wildman–Crippen LogP) is 2.92. The summed E-state index contributed by atoms with van der Waals surface area (Å²) in [5, 5.41) is 16.7. The fraction of sp³-hybridized carbons (Fsp3) is 0.438. The van der Waals surface area contributed by atoms with Gasteiger partial charge in [0.05, 0.1) is 16.2 Å². The average Bonchev–Trinajstić information content (AvgIpc) is 3.11. The van der Waals surface area contributed by atoms with Gasteiger partial charge in [0.1, 0.15) is 0 Å². The van der Waals surface area contributed by atoms with Crippen molar-refractivity contribution in [3.8, 4) is 17.5 Å². The minimum Gasteiger partial charge on any atom is -0.411 e. The number of nitrogens with zero attached hydrogens (tertiary/aromatic N) is 4. The number of rotatable bonds is 5. The van der Waals surface area contributed by atoms with Crippen LogP contribution in [0.15, 0.2) is 38.8 Å². The van der Waals surface area contributed by atoms with Crippen molar-refractivity contribution in [1.29, 1.82) is 5.26 Å². The summed E-state index contributed by atoms with van der Waals surface area (Å²) in [4.78, 5) is 0.227. The van der Waals surface area contributed by atoms with Crippen molar-refractivity contribution in [3.05, 3.63) is 24.3 Å². The smallest absolute Gasteiger partial charge is 0.278 e. The van der Waals surface area contributed by atoms with Crippen LogP contribution in [0.3, 0.4) is 0 Å². The van der Waals surface area contributed by atoms with Gasteiger partial charge in [-0.05, 0) is 49.7 Å². The van der Waals surface area contributed by atoms with Gasteiger partial charge in [-0.25, -0.2) is 8.42 Å². The Morgan fingerprint density at radius 2 is 2.04 bits per heavy atom. The summed E-state index contributed by atoms with van der Waals surface area (Å²) in [6, 6.07) is 8.61. The molecule has 0 bridgehead atoms. The van der Waals surface area contributed by atoms with Crippen LogP contribution >= 0.6 is 11.8 Å². The summed E-state index contributed by atoms with van der Waals surface area (Å²) in [5.41, 5.74) is 0.544. The molecule has 0 radical (unpaired) electrons. The Hall–Kier alpha value is -1.89. The van der Waals surface area contributed by atoms with Crippen molar-refractivity contribution < 1.29 is 12.8 Å². The molecule has 0 saturated carbocycles. The molecule has 1 aromatic carbocycles. The van der Waals surface area contributed by atoms with Crippen molar-refractivity contribution in [3.63, 3.8) is 0 Å². The molecule has 1 aromatic heterocycles. The predicted molar refractivity (Wildman–Crippen MR) is 93.3 cm³/mol. The van der Waals surface area contributed by atoms with E-state index in [4.69, 9.17) is 9.68 Å². The second-order valence-corrected chi connectivity index (χ2v) is 8.98. The number of hydrogen-bond donors (Lipinski definition) is 0. The number of piperidine rings is 1. The Morgan fingerprint density at radius 1 is 1.28 bits per heavy atom. The maximum Gasteiger partial charge on any atom is 0.278 e. The van der Waals surface area contributed by atoms with Crippen LogP contribution in [0.25, 0.3) is 11.5 Å². The zero-order valence-corrected chi connectivity index (χ0v) is 15.4. The highest BCUT2D eigenvalue weighted by Gasteiger charge is 2.26. The van der Waals surface area contributed by atoms with E-state index >= 15 is 0 Å². The van der Waals surface area contributed by atoms with Gasteiger partial charge in [0.2, 0.25) is 15.9 Å². The zero-order chi connectivity index (χ0) is 17.9. The Bertz CT molecular complexity index is 883. The minimum absolute atomic E-state index is 0.227. The summed E-state index contributed by atoms with van der Waals surface area (Å²) in [6.07, 6.45) is 2.84. The molecule has 9 heteroatoms. The first-order chi connectivity index (χ1) is 12.0. The largest absolute Gasteiger partial charge is 0.411 e. The Labute approximate surface area is 151 Å². The third-order valence-electron chi connectivity index (χ3n) is 3.90. The van der Waals surface area contributed by atoms with Crippen LogP contribution in [-0.4, -0.2) is 41.3 Å². The minimum atomic E-state index is -3.51. The molecule has 0 unspecified atom stereocenters. The maximum absolute atomic E-state index is 12.8. The molecule has 0 N–H and O–H groups in total. The molecule has 2 heterocycles. The van der Waals surface area contributed by atoms with Gasteiger partial charge in [0, 0.05) is 18.7 Å². The maximum atomic E-state index is 12.8. The SMILES string of the molecule is C[C@@H](C#N)Sc1nnc(-c2cccc(S(=O)(=O)N3CCCCC3)c2)o1. The molecule has 25 heavy (non-hydrogen) atoms. The summed E-state index contributed by atoms with van der Waals surface area (Å²) in [5.74, 6) is 0.239. The Balaban J connectivity index is 1.85. The van der Waals surface area contributed by atoms with Crippen LogP contribution in [0.2, 0.25) is 0 Å². The molecule has 1 fully saturated rings. The van der Waals surface area contributed by atoms with Gasteiger partial charge in [0.15, 0.2) is 0 Å². The average molecular weight is 378 g/mol. The highest BCUT2D eigenvalue weighted by Crippen LogP contribution is 2.28. The van der Waals surface area contributed by atoms with E-state index in [1.165, 1.54) is 4.31 Å². The van der Waals surface area contributed by atoms with Crippen LogP contribution in [-0.2, 0) is 10.0 Å². The quantitative estimate of drug-likeness (QED) is 0.737. The molecular formula is C16H18N4O3S2. The molecule has 2 aromatic rings. The van der Waals surface area contributed by atoms with E-state index in [9.17, 15) is 8.42 Å². The number of benzene rings is 1. The van der Waals surface area contributed by atoms with Crippen molar-refractivity contribution in [2.45, 2.75) is 41.6 Å². The van der Waals surface area contributed by atoms with Crippen molar-refractivity contribution in [1.82, 2.24) is 14.5 Å². The first-order valence-electron chi connectivity index (χ1n) is 8.01. The van der Waals surface area contributed by atoms with Crippen molar-refractivity contribution in [2.75, 3.05) is 13.1 Å². The standard InChI is InChI=1S/C16H18N4O3S2/c1-12(11-17)24-16-19-18-15(23-16)13-6-5-7-14(10-13)25(21,22)20-8-3-2-4-9-20/h5-7,10,12H,2-4,8-9H2,1H3/t12-/m0/s1. The van der Waals surface area contributed by atoms with Crippen LogP contribution in [0.1, 0.15) is 26.2 Å². The van der Waals surface area contributed by atoms with E-state index in [-0.39, 0.29) is 21.3 Å². The molecule has 3 rings (SSSR count). The lowest BCUT2D eigenvalue weighted by Crippen LogP contribution is -2.35. The van der Waals surface area contributed by atoms with E-state index in [2.05, 4.69) is 16.3 Å². The molecule has 1 atom stereocenters. The first kappa shape index (κ1) is 17.9. The molecule has 0 aliphatic carbocycles. The van der Waals surface area contributed by atoms with Gasteiger partial charge in [-0.1, -0.05) is 12.5 Å². The third-order valence-corrected chi connectivity index (χ3v) is 6.62. The number of aromatic nitrogens is 2. The molecular weight excluding hydrogens is 360 g/mol. The summed E-state index contributed by atoms with van der Waals surface area (Å²) in [7, 11) is -3.51. The summed E-state index contributed by atoms with van der Waals surface area (Å²) >= 11 is 1.16. The van der Waals surface area contributed by atoms with E-state index in [1.54, 1.807) is 31.2 Å². The van der Waals surface area contributed by atoms with Crippen LogP contribution in [0.5, 0.6) is 0 Å². The van der Waals surface area contributed by atoms with E-state index < -0.39 is 10.0 Å². The molecule has 0 spiro atoms. The molecule has 0 amide bonds. The highest BCUT2D eigenvalue weighted by molar-refractivity contribution is 7.99. The normalized spacial score (nSPS) is 17.1. The van der Waals surface area contributed by atoms with Gasteiger partial charge in [-0.3, -0.25) is 0 Å². The number of sulfonamides is 1. The number of hydrogen-bond acceptors (Lipinski definition) is 7. The fourth-order valence-corrected chi connectivity index (χ4v) is 4.73. The summed E-state index contributed by atoms with van der Waals surface area (Å²) < 4.78 is 32.6. The lowest BCUT2D eigenvalue weighted by molar-refractivity contribution is 0.346. The van der Waals surface area contributed by atoms with E-state index in [0.29, 0.717) is 18.7 Å². The van der Waals surface area contributed by atoms with E-state index in [0.717, 1.165) is 31.0 Å². The van der Waals surface area contributed by atoms with Crippen molar-refractivity contribution in [2.24, 2.45) is 0 Å². The lowest BCUT2D eigenvalue weighted by Gasteiger charge is -2.25. The Morgan fingerprint density at radius 3 is 2.76 bits per heavy atom. The molecule has 132 valence electrons. The van der Waals surface area contributed by atoms with Gasteiger partial charge in [0.25, 0.3) is 5.22 Å². The Kier molecular flexibility index (Phi) is 5.42. The second-order valence-electron chi connectivity index (χ2n) is 5.75. The highest BCUT2D eigenvalue weighted by atomic mass is 32.2. The second kappa shape index (κ2) is 7.56. The van der Waals surface area contributed by atoms with Gasteiger partial charge in [-0.15, -0.1) is 10.2 Å². The number of nitriles is 1. The number of thioether (sulfide) groups is 1. The molecule has 7 nitrogen and oxygen atoms in total. The lowest BCUT2D eigenvalue weighted by atomic mass is 10.2. The van der Waals surface area contributed by atoms with Gasteiger partial charge in [-0.2, -0.15) is 9.57 Å². The van der Waals surface area contributed by atoms with E-state index in [1.807, 2.05) is 0 Å². The monoisotopic (exact) mass is 378 g/mol. The fourth-order valence-electron chi connectivity index (χ4n) is 2.60. The zero-order valence-electron chi connectivity index (χ0n) is 13.8. The van der Waals surface area contributed by atoms with Gasteiger partial charge >= 0.3 is 0 Å². The summed E-state index contributed by atoms with van der Waals surface area (Å²) in [6.45, 7) is 2.85. The topological polar surface area (TPSA) is 100 Å². The van der Waals surface area contributed by atoms with Crippen molar-refractivity contribution >= 4 is 21.8 Å². The van der Waals surface area contributed by atoms with Gasteiger partial charge < -0.3 is 4.42 Å².